The quantitative estimate of drug-likeness (QED) is 0.883. The minimum absolute atomic E-state index is 0.109. The van der Waals surface area contributed by atoms with Crippen LogP contribution in [0, 0.1) is 12.8 Å². The lowest BCUT2D eigenvalue weighted by Gasteiger charge is -2.35. The molecule has 2 amide bonds. The molecular weight excluding hydrogens is 358 g/mol. The monoisotopic (exact) mass is 381 g/mol. The Morgan fingerprint density at radius 1 is 1.14 bits per heavy atom. The lowest BCUT2D eigenvalue weighted by atomic mass is 9.96. The summed E-state index contributed by atoms with van der Waals surface area (Å²) in [6, 6.07) is 12.8. The Balaban J connectivity index is 1.38. The highest BCUT2D eigenvalue weighted by Gasteiger charge is 2.35. The van der Waals surface area contributed by atoms with Crippen LogP contribution in [0.5, 0.6) is 11.5 Å². The Morgan fingerprint density at radius 2 is 1.96 bits per heavy atom. The second-order valence-electron chi connectivity index (χ2n) is 7.14. The molecule has 7 heteroatoms. The number of para-hydroxylation sites is 2. The van der Waals surface area contributed by atoms with E-state index >= 15 is 0 Å². The molecule has 2 aromatic rings. The average Bonchev–Trinajstić information content (AvgIpc) is 2.73. The van der Waals surface area contributed by atoms with Crippen LogP contribution in [-0.4, -0.2) is 47.5 Å². The summed E-state index contributed by atoms with van der Waals surface area (Å²) in [6.07, 6.45) is 0.830. The van der Waals surface area contributed by atoms with E-state index in [1.165, 1.54) is 0 Å². The number of amides is 2. The van der Waals surface area contributed by atoms with Gasteiger partial charge in [-0.1, -0.05) is 18.2 Å². The van der Waals surface area contributed by atoms with E-state index in [0.717, 1.165) is 18.5 Å². The van der Waals surface area contributed by atoms with Crippen molar-refractivity contribution in [1.29, 1.82) is 0 Å². The van der Waals surface area contributed by atoms with E-state index < -0.39 is 6.10 Å². The highest BCUT2D eigenvalue weighted by Crippen LogP contribution is 2.31. The van der Waals surface area contributed by atoms with E-state index in [4.69, 9.17) is 9.47 Å². The van der Waals surface area contributed by atoms with Crippen molar-refractivity contribution in [3.05, 3.63) is 48.2 Å². The largest absolute Gasteiger partial charge is 0.485 e. The van der Waals surface area contributed by atoms with Crippen molar-refractivity contribution in [3.63, 3.8) is 0 Å². The molecule has 1 aromatic heterocycles. The number of nitrogens with one attached hydrogen (secondary N) is 1. The predicted molar refractivity (Wildman–Crippen MR) is 103 cm³/mol. The van der Waals surface area contributed by atoms with E-state index in [1.807, 2.05) is 37.3 Å². The van der Waals surface area contributed by atoms with Gasteiger partial charge in [-0.25, -0.2) is 4.98 Å². The third-order valence-electron chi connectivity index (χ3n) is 5.03. The molecule has 0 bridgehead atoms. The van der Waals surface area contributed by atoms with Gasteiger partial charge in [-0.15, -0.1) is 0 Å². The first kappa shape index (κ1) is 18.3. The van der Waals surface area contributed by atoms with Crippen LogP contribution >= 0.6 is 0 Å². The zero-order chi connectivity index (χ0) is 19.5. The van der Waals surface area contributed by atoms with Gasteiger partial charge in [-0.05, 0) is 44.0 Å². The fraction of sp³-hybridized carbons (Fsp3) is 0.381. The van der Waals surface area contributed by atoms with E-state index in [-0.39, 0.29) is 24.3 Å². The van der Waals surface area contributed by atoms with Crippen LogP contribution in [0.1, 0.15) is 18.5 Å². The molecule has 7 nitrogen and oxygen atoms in total. The third-order valence-corrected chi connectivity index (χ3v) is 5.03. The zero-order valence-corrected chi connectivity index (χ0v) is 15.8. The molecule has 1 saturated heterocycles. The van der Waals surface area contributed by atoms with Crippen molar-refractivity contribution in [2.24, 2.45) is 5.92 Å². The highest BCUT2D eigenvalue weighted by atomic mass is 16.6. The number of likely N-dealkylation sites (tertiary alicyclic amines) is 1. The van der Waals surface area contributed by atoms with E-state index in [2.05, 4.69) is 10.3 Å². The minimum atomic E-state index is -0.685. The maximum Gasteiger partial charge on any atom is 0.267 e. The number of fused-ring (bicyclic) bond motifs is 1. The highest BCUT2D eigenvalue weighted by molar-refractivity contribution is 5.92. The van der Waals surface area contributed by atoms with Crippen molar-refractivity contribution in [2.75, 3.05) is 25.0 Å². The van der Waals surface area contributed by atoms with Gasteiger partial charge in [0, 0.05) is 18.8 Å². The molecule has 0 radical (unpaired) electrons. The maximum absolute atomic E-state index is 12.9. The number of rotatable bonds is 3. The van der Waals surface area contributed by atoms with Crippen LogP contribution in [0.2, 0.25) is 0 Å². The predicted octanol–water partition coefficient (Wildman–Crippen LogP) is 2.41. The van der Waals surface area contributed by atoms with Gasteiger partial charge in [-0.2, -0.15) is 0 Å². The molecule has 28 heavy (non-hydrogen) atoms. The van der Waals surface area contributed by atoms with Crippen LogP contribution in [0.4, 0.5) is 5.82 Å². The number of benzene rings is 1. The van der Waals surface area contributed by atoms with Crippen LogP contribution < -0.4 is 14.8 Å². The number of aromatic nitrogens is 1. The number of hydrogen-bond donors (Lipinski definition) is 1. The SMILES string of the molecule is Cc1cccc(NC(=O)[C@@H]2CCCN(C(=O)[C@@H]3COc4ccccc4O3)C2)n1. The van der Waals surface area contributed by atoms with Gasteiger partial charge in [-0.3, -0.25) is 9.59 Å². The molecule has 0 unspecified atom stereocenters. The summed E-state index contributed by atoms with van der Waals surface area (Å²) in [5.74, 6) is 1.24. The summed E-state index contributed by atoms with van der Waals surface area (Å²) in [4.78, 5) is 31.6. The lowest BCUT2D eigenvalue weighted by Crippen LogP contribution is -2.51. The van der Waals surface area contributed by atoms with Gasteiger partial charge < -0.3 is 19.7 Å². The van der Waals surface area contributed by atoms with Crippen molar-refractivity contribution >= 4 is 17.6 Å². The molecule has 3 heterocycles. The van der Waals surface area contributed by atoms with Gasteiger partial charge in [0.05, 0.1) is 5.92 Å². The Kier molecular flexibility index (Phi) is 5.14. The molecule has 1 fully saturated rings. The Hall–Kier alpha value is -3.09. The zero-order valence-electron chi connectivity index (χ0n) is 15.8. The molecular formula is C21H23N3O4. The van der Waals surface area contributed by atoms with Crippen molar-refractivity contribution in [3.8, 4) is 11.5 Å². The molecule has 146 valence electrons. The number of hydrogen-bond acceptors (Lipinski definition) is 5. The summed E-state index contributed by atoms with van der Waals surface area (Å²) in [5.41, 5.74) is 0.841. The summed E-state index contributed by atoms with van der Waals surface area (Å²) < 4.78 is 11.5. The normalized spacial score (nSPS) is 21.1. The van der Waals surface area contributed by atoms with Crippen LogP contribution in [0.15, 0.2) is 42.5 Å². The van der Waals surface area contributed by atoms with Gasteiger partial charge >= 0.3 is 0 Å². The number of pyridine rings is 1. The van der Waals surface area contributed by atoms with E-state index in [1.54, 1.807) is 17.0 Å². The number of piperidine rings is 1. The van der Waals surface area contributed by atoms with Crippen molar-refractivity contribution in [2.45, 2.75) is 25.9 Å². The van der Waals surface area contributed by atoms with Gasteiger partial charge in [0.2, 0.25) is 12.0 Å². The van der Waals surface area contributed by atoms with Gasteiger partial charge in [0.15, 0.2) is 11.5 Å². The van der Waals surface area contributed by atoms with Crippen molar-refractivity contribution < 1.29 is 19.1 Å². The van der Waals surface area contributed by atoms with Crippen LogP contribution in [0.3, 0.4) is 0 Å². The third kappa shape index (κ3) is 3.93. The molecule has 2 aliphatic heterocycles. The number of anilines is 1. The number of carbonyl (C=O) groups is 2. The first-order valence-electron chi connectivity index (χ1n) is 9.52. The first-order valence-corrected chi connectivity index (χ1v) is 9.52. The fourth-order valence-corrected chi connectivity index (χ4v) is 3.58. The van der Waals surface area contributed by atoms with Gasteiger partial charge in [0.25, 0.3) is 5.91 Å². The molecule has 2 aliphatic rings. The summed E-state index contributed by atoms with van der Waals surface area (Å²) in [7, 11) is 0. The maximum atomic E-state index is 12.9. The molecule has 1 aromatic carbocycles. The standard InChI is InChI=1S/C21H23N3O4/c1-14-6-4-10-19(22-14)23-20(25)15-7-5-11-24(12-15)21(26)18-13-27-16-8-2-3-9-17(16)28-18/h2-4,6,8-10,15,18H,5,7,11-13H2,1H3,(H,22,23,25)/t15-,18+/m1/s1. The lowest BCUT2D eigenvalue weighted by molar-refractivity contribution is -0.143. The van der Waals surface area contributed by atoms with E-state index in [0.29, 0.717) is 30.4 Å². The molecule has 4 rings (SSSR count). The Morgan fingerprint density at radius 3 is 2.79 bits per heavy atom. The topological polar surface area (TPSA) is 80.8 Å². The number of ether oxygens (including phenoxy) is 2. The molecule has 0 spiro atoms. The smallest absolute Gasteiger partial charge is 0.267 e. The van der Waals surface area contributed by atoms with E-state index in [9.17, 15) is 9.59 Å². The first-order chi connectivity index (χ1) is 13.6. The Labute approximate surface area is 163 Å². The molecule has 1 N–H and O–H groups in total. The minimum Gasteiger partial charge on any atom is -0.485 e. The number of aryl methyl sites for hydroxylation is 1. The van der Waals surface area contributed by atoms with Crippen molar-refractivity contribution in [1.82, 2.24) is 9.88 Å². The second kappa shape index (κ2) is 7.88. The summed E-state index contributed by atoms with van der Waals surface area (Å²) >= 11 is 0. The Bertz CT molecular complexity index is 885. The summed E-state index contributed by atoms with van der Waals surface area (Å²) in [5, 5.41) is 2.86. The summed E-state index contributed by atoms with van der Waals surface area (Å²) in [6.45, 7) is 3.04. The number of nitrogens with zero attached hydrogens (tertiary/aromatic N) is 2. The van der Waals surface area contributed by atoms with Crippen LogP contribution in [-0.2, 0) is 9.59 Å². The molecule has 0 saturated carbocycles. The second-order valence-corrected chi connectivity index (χ2v) is 7.14. The fourth-order valence-electron chi connectivity index (χ4n) is 3.58. The molecule has 0 aliphatic carbocycles. The number of carbonyl (C=O) groups excluding carboxylic acids is 2. The molecule has 2 atom stereocenters. The average molecular weight is 381 g/mol. The van der Waals surface area contributed by atoms with Crippen LogP contribution in [0.25, 0.3) is 0 Å². The van der Waals surface area contributed by atoms with Gasteiger partial charge in [0.1, 0.15) is 12.4 Å².